The first-order valence-electron chi connectivity index (χ1n) is 6.91. The van der Waals surface area contributed by atoms with E-state index in [0.29, 0.717) is 13.1 Å². The van der Waals surface area contributed by atoms with Gasteiger partial charge >= 0.3 is 0 Å². The van der Waals surface area contributed by atoms with Crippen molar-refractivity contribution >= 4 is 5.91 Å². The molecule has 0 bridgehead atoms. The smallest absolute Gasteiger partial charge is 0.249 e. The second-order valence-electron chi connectivity index (χ2n) is 5.11. The highest BCUT2D eigenvalue weighted by atomic mass is 19.1. The molecule has 1 heterocycles. The zero-order chi connectivity index (χ0) is 14.7. The number of carbonyl (C=O) groups excluding carboxylic acids is 1. The lowest BCUT2D eigenvalue weighted by molar-refractivity contribution is -0.150. The van der Waals surface area contributed by atoms with Gasteiger partial charge in [-0.3, -0.25) is 4.79 Å². The standard InChI is InChI=1S/C17H16FNO2/c18-15-8-4-7-14(9-15)16-11-19(17(20)12-21-16)10-13-5-2-1-3-6-13/h1-9,16H,10-12H2/t16-/m1/s1. The van der Waals surface area contributed by atoms with E-state index in [9.17, 15) is 9.18 Å². The van der Waals surface area contributed by atoms with E-state index in [1.807, 2.05) is 36.4 Å². The van der Waals surface area contributed by atoms with Gasteiger partial charge in [0.1, 0.15) is 18.5 Å². The Bertz CT molecular complexity index is 630. The number of morpholine rings is 1. The molecule has 0 N–H and O–H groups in total. The Balaban J connectivity index is 1.74. The van der Waals surface area contributed by atoms with Crippen LogP contribution >= 0.6 is 0 Å². The maximum absolute atomic E-state index is 13.3. The maximum Gasteiger partial charge on any atom is 0.249 e. The lowest BCUT2D eigenvalue weighted by Gasteiger charge is -2.33. The minimum absolute atomic E-state index is 0.0356. The lowest BCUT2D eigenvalue weighted by Crippen LogP contribution is -2.42. The molecule has 3 rings (SSSR count). The summed E-state index contributed by atoms with van der Waals surface area (Å²) in [6.45, 7) is 1.03. The summed E-state index contributed by atoms with van der Waals surface area (Å²) in [7, 11) is 0. The SMILES string of the molecule is O=C1CO[C@@H](c2cccc(F)c2)CN1Cc1ccccc1. The van der Waals surface area contributed by atoms with Gasteiger partial charge in [-0.05, 0) is 23.3 Å². The second kappa shape index (κ2) is 6.06. The van der Waals surface area contributed by atoms with Crippen LogP contribution < -0.4 is 0 Å². The third-order valence-electron chi connectivity index (χ3n) is 3.58. The summed E-state index contributed by atoms with van der Waals surface area (Å²) in [5.41, 5.74) is 1.84. The van der Waals surface area contributed by atoms with Gasteiger partial charge in [0.05, 0.1) is 6.54 Å². The van der Waals surface area contributed by atoms with Crippen molar-refractivity contribution in [3.8, 4) is 0 Å². The third-order valence-corrected chi connectivity index (χ3v) is 3.58. The van der Waals surface area contributed by atoms with Crippen LogP contribution in [0, 0.1) is 5.82 Å². The first-order chi connectivity index (χ1) is 10.2. The number of rotatable bonds is 3. The van der Waals surface area contributed by atoms with E-state index in [-0.39, 0.29) is 24.4 Å². The summed E-state index contributed by atoms with van der Waals surface area (Å²) >= 11 is 0. The van der Waals surface area contributed by atoms with E-state index >= 15 is 0 Å². The van der Waals surface area contributed by atoms with Crippen molar-refractivity contribution in [3.63, 3.8) is 0 Å². The Morgan fingerprint density at radius 1 is 1.14 bits per heavy atom. The number of amides is 1. The van der Waals surface area contributed by atoms with Crippen molar-refractivity contribution in [2.75, 3.05) is 13.2 Å². The highest BCUT2D eigenvalue weighted by Gasteiger charge is 2.27. The number of nitrogens with zero attached hydrogens (tertiary/aromatic N) is 1. The van der Waals surface area contributed by atoms with Crippen LogP contribution in [0.1, 0.15) is 17.2 Å². The molecule has 3 nitrogen and oxygen atoms in total. The van der Waals surface area contributed by atoms with Crippen LogP contribution in [-0.2, 0) is 16.1 Å². The molecule has 1 fully saturated rings. The van der Waals surface area contributed by atoms with Gasteiger partial charge in [-0.2, -0.15) is 0 Å². The number of hydrogen-bond donors (Lipinski definition) is 0. The molecule has 0 unspecified atom stereocenters. The van der Waals surface area contributed by atoms with Crippen LogP contribution in [0.3, 0.4) is 0 Å². The van der Waals surface area contributed by atoms with Crippen molar-refractivity contribution < 1.29 is 13.9 Å². The van der Waals surface area contributed by atoms with Crippen molar-refractivity contribution in [2.45, 2.75) is 12.6 Å². The molecule has 1 amide bonds. The van der Waals surface area contributed by atoms with Crippen LogP contribution in [0.25, 0.3) is 0 Å². The quantitative estimate of drug-likeness (QED) is 0.868. The van der Waals surface area contributed by atoms with Gasteiger partial charge < -0.3 is 9.64 Å². The fraction of sp³-hybridized carbons (Fsp3) is 0.235. The molecule has 1 aliphatic rings. The molecule has 0 aliphatic carbocycles. The Labute approximate surface area is 123 Å². The van der Waals surface area contributed by atoms with Gasteiger partial charge in [0.15, 0.2) is 0 Å². The van der Waals surface area contributed by atoms with Crippen LogP contribution in [0.2, 0.25) is 0 Å². The van der Waals surface area contributed by atoms with Gasteiger partial charge in [0.2, 0.25) is 5.91 Å². The number of ether oxygens (including phenoxy) is 1. The number of halogens is 1. The van der Waals surface area contributed by atoms with E-state index in [0.717, 1.165) is 11.1 Å². The molecule has 2 aromatic rings. The summed E-state index contributed by atoms with van der Waals surface area (Å²) in [4.78, 5) is 13.7. The molecule has 1 aliphatic heterocycles. The molecular weight excluding hydrogens is 269 g/mol. The van der Waals surface area contributed by atoms with Crippen molar-refractivity contribution in [1.29, 1.82) is 0 Å². The Kier molecular flexibility index (Phi) is 3.97. The van der Waals surface area contributed by atoms with Crippen LogP contribution in [-0.4, -0.2) is 24.0 Å². The first-order valence-corrected chi connectivity index (χ1v) is 6.91. The molecule has 0 radical (unpaired) electrons. The molecule has 21 heavy (non-hydrogen) atoms. The molecule has 0 aromatic heterocycles. The van der Waals surface area contributed by atoms with Gasteiger partial charge in [-0.1, -0.05) is 42.5 Å². The average molecular weight is 285 g/mol. The largest absolute Gasteiger partial charge is 0.362 e. The molecule has 108 valence electrons. The zero-order valence-electron chi connectivity index (χ0n) is 11.5. The second-order valence-corrected chi connectivity index (χ2v) is 5.11. The summed E-state index contributed by atoms with van der Waals surface area (Å²) in [6.07, 6.45) is -0.276. The third kappa shape index (κ3) is 3.28. The zero-order valence-corrected chi connectivity index (χ0v) is 11.5. The van der Waals surface area contributed by atoms with Gasteiger partial charge in [-0.25, -0.2) is 4.39 Å². The van der Waals surface area contributed by atoms with E-state index < -0.39 is 0 Å². The number of benzene rings is 2. The van der Waals surface area contributed by atoms with Crippen LogP contribution in [0.15, 0.2) is 54.6 Å². The molecule has 1 atom stereocenters. The summed E-state index contributed by atoms with van der Waals surface area (Å²) in [5, 5.41) is 0. The monoisotopic (exact) mass is 285 g/mol. The molecule has 0 spiro atoms. The molecule has 0 saturated carbocycles. The van der Waals surface area contributed by atoms with Crippen molar-refractivity contribution in [2.24, 2.45) is 0 Å². The van der Waals surface area contributed by atoms with Crippen LogP contribution in [0.4, 0.5) is 4.39 Å². The average Bonchev–Trinajstić information content (AvgIpc) is 2.50. The minimum atomic E-state index is -0.289. The molecule has 2 aromatic carbocycles. The summed E-state index contributed by atoms with van der Waals surface area (Å²) in [6, 6.07) is 16.2. The molecular formula is C17H16FNO2. The lowest BCUT2D eigenvalue weighted by atomic mass is 10.1. The maximum atomic E-state index is 13.3. The fourth-order valence-corrected chi connectivity index (χ4v) is 2.48. The topological polar surface area (TPSA) is 29.5 Å². The predicted octanol–water partition coefficient (Wildman–Crippen LogP) is 2.93. The van der Waals surface area contributed by atoms with Gasteiger partial charge in [0, 0.05) is 6.54 Å². The van der Waals surface area contributed by atoms with Crippen molar-refractivity contribution in [1.82, 2.24) is 4.90 Å². The highest BCUT2D eigenvalue weighted by molar-refractivity contribution is 5.78. The molecule has 1 saturated heterocycles. The van der Waals surface area contributed by atoms with E-state index in [1.54, 1.807) is 11.0 Å². The first kappa shape index (κ1) is 13.8. The van der Waals surface area contributed by atoms with Crippen molar-refractivity contribution in [3.05, 3.63) is 71.5 Å². The Hall–Kier alpha value is -2.20. The highest BCUT2D eigenvalue weighted by Crippen LogP contribution is 2.24. The normalized spacial score (nSPS) is 18.8. The van der Waals surface area contributed by atoms with E-state index in [4.69, 9.17) is 4.74 Å². The number of carbonyl (C=O) groups is 1. The predicted molar refractivity (Wildman–Crippen MR) is 77.0 cm³/mol. The summed E-state index contributed by atoms with van der Waals surface area (Å²) in [5.74, 6) is -0.325. The number of hydrogen-bond acceptors (Lipinski definition) is 2. The van der Waals surface area contributed by atoms with E-state index in [2.05, 4.69) is 0 Å². The summed E-state index contributed by atoms with van der Waals surface area (Å²) < 4.78 is 18.8. The van der Waals surface area contributed by atoms with Crippen LogP contribution in [0.5, 0.6) is 0 Å². The Morgan fingerprint density at radius 3 is 2.71 bits per heavy atom. The Morgan fingerprint density at radius 2 is 1.95 bits per heavy atom. The van der Waals surface area contributed by atoms with Gasteiger partial charge in [-0.15, -0.1) is 0 Å². The minimum Gasteiger partial charge on any atom is -0.362 e. The fourth-order valence-electron chi connectivity index (χ4n) is 2.48. The van der Waals surface area contributed by atoms with Gasteiger partial charge in [0.25, 0.3) is 0 Å². The van der Waals surface area contributed by atoms with E-state index in [1.165, 1.54) is 12.1 Å². The molecule has 4 heteroatoms.